The molecule has 0 spiro atoms. The molecule has 7 heteroatoms. The molecular weight excluding hydrogens is 384 g/mol. The highest BCUT2D eigenvalue weighted by Crippen LogP contribution is 2.40. The molecule has 1 atom stereocenters. The van der Waals surface area contributed by atoms with Crippen molar-refractivity contribution in [3.05, 3.63) is 64.6 Å². The van der Waals surface area contributed by atoms with Gasteiger partial charge in [-0.15, -0.1) is 0 Å². The maximum Gasteiger partial charge on any atom is 0.295 e. The van der Waals surface area contributed by atoms with E-state index >= 15 is 0 Å². The number of Topliss-reactive ketones (excluding diaryl/α,β-unsaturated/α-hetero) is 1. The number of aryl methyl sites for hydroxylation is 2. The van der Waals surface area contributed by atoms with Crippen molar-refractivity contribution >= 4 is 17.4 Å². The Morgan fingerprint density at radius 3 is 2.60 bits per heavy atom. The maximum atomic E-state index is 13.0. The van der Waals surface area contributed by atoms with E-state index in [1.807, 2.05) is 32.0 Å². The molecule has 2 aromatic rings. The van der Waals surface area contributed by atoms with Crippen molar-refractivity contribution in [1.82, 2.24) is 9.80 Å². The van der Waals surface area contributed by atoms with Crippen molar-refractivity contribution in [3.63, 3.8) is 0 Å². The topological polar surface area (TPSA) is 83.2 Å². The predicted molar refractivity (Wildman–Crippen MR) is 111 cm³/mol. The van der Waals surface area contributed by atoms with Gasteiger partial charge >= 0.3 is 0 Å². The van der Waals surface area contributed by atoms with Crippen LogP contribution < -0.4 is 0 Å². The zero-order valence-electron chi connectivity index (χ0n) is 17.3. The minimum atomic E-state index is -0.749. The fraction of sp³-hybridized carbons (Fsp3) is 0.391. The quantitative estimate of drug-likeness (QED) is 0.464. The Hall–Kier alpha value is -2.90. The van der Waals surface area contributed by atoms with Crippen LogP contribution in [-0.2, 0) is 14.3 Å². The van der Waals surface area contributed by atoms with Gasteiger partial charge in [0.15, 0.2) is 0 Å². The lowest BCUT2D eigenvalue weighted by atomic mass is 9.96. The van der Waals surface area contributed by atoms with Gasteiger partial charge in [-0.25, -0.2) is 0 Å². The molecule has 2 fully saturated rings. The Morgan fingerprint density at radius 1 is 1.13 bits per heavy atom. The highest BCUT2D eigenvalue weighted by atomic mass is 16.5. The van der Waals surface area contributed by atoms with Gasteiger partial charge < -0.3 is 19.2 Å². The number of ether oxygens (including phenoxy) is 1. The fourth-order valence-corrected chi connectivity index (χ4v) is 4.06. The number of aliphatic hydroxyl groups is 1. The molecule has 0 aliphatic carbocycles. The van der Waals surface area contributed by atoms with Crippen molar-refractivity contribution in [2.75, 3.05) is 39.4 Å². The van der Waals surface area contributed by atoms with Gasteiger partial charge in [0.25, 0.3) is 11.7 Å². The largest absolute Gasteiger partial charge is 0.507 e. The molecule has 2 aliphatic heterocycles. The number of amides is 1. The summed E-state index contributed by atoms with van der Waals surface area (Å²) in [6.45, 7) is 7.67. The summed E-state index contributed by atoms with van der Waals surface area (Å²) in [4.78, 5) is 29.6. The molecule has 7 nitrogen and oxygen atoms in total. The summed E-state index contributed by atoms with van der Waals surface area (Å²) in [5.41, 5.74) is 2.41. The molecule has 1 aromatic carbocycles. The molecule has 3 heterocycles. The molecule has 1 N–H and O–H groups in total. The number of ketones is 1. The van der Waals surface area contributed by atoms with Gasteiger partial charge in [0, 0.05) is 31.7 Å². The van der Waals surface area contributed by atoms with E-state index in [1.165, 1.54) is 11.2 Å². The number of benzene rings is 1. The molecule has 0 radical (unpaired) electrons. The molecule has 1 aromatic heterocycles. The average Bonchev–Trinajstić information content (AvgIpc) is 3.36. The summed E-state index contributed by atoms with van der Waals surface area (Å²) in [6, 6.07) is 8.35. The van der Waals surface area contributed by atoms with Crippen LogP contribution in [0.25, 0.3) is 5.76 Å². The van der Waals surface area contributed by atoms with E-state index in [2.05, 4.69) is 4.90 Å². The van der Waals surface area contributed by atoms with Gasteiger partial charge in [-0.05, 0) is 37.6 Å². The lowest BCUT2D eigenvalue weighted by molar-refractivity contribution is -0.140. The van der Waals surface area contributed by atoms with Gasteiger partial charge in [-0.3, -0.25) is 14.5 Å². The van der Waals surface area contributed by atoms with Gasteiger partial charge in [-0.2, -0.15) is 0 Å². The van der Waals surface area contributed by atoms with E-state index in [0.717, 1.165) is 24.2 Å². The minimum Gasteiger partial charge on any atom is -0.507 e. The van der Waals surface area contributed by atoms with Crippen LogP contribution in [0.2, 0.25) is 0 Å². The normalized spacial score (nSPS) is 22.1. The highest BCUT2D eigenvalue weighted by molar-refractivity contribution is 6.46. The second-order valence-electron chi connectivity index (χ2n) is 7.78. The molecule has 4 rings (SSSR count). The van der Waals surface area contributed by atoms with Gasteiger partial charge in [0.05, 0.1) is 25.1 Å². The third-order valence-corrected chi connectivity index (χ3v) is 5.76. The zero-order valence-corrected chi connectivity index (χ0v) is 17.3. The minimum absolute atomic E-state index is 0.0747. The van der Waals surface area contributed by atoms with Crippen LogP contribution in [-0.4, -0.2) is 66.0 Å². The number of carbonyl (C=O) groups excluding carboxylic acids is 2. The van der Waals surface area contributed by atoms with Crippen molar-refractivity contribution < 1.29 is 23.8 Å². The first-order valence-electron chi connectivity index (χ1n) is 10.2. The van der Waals surface area contributed by atoms with Crippen molar-refractivity contribution in [2.24, 2.45) is 0 Å². The van der Waals surface area contributed by atoms with E-state index in [-0.39, 0.29) is 11.3 Å². The molecular formula is C23H26N2O5. The number of rotatable bonds is 5. The number of likely N-dealkylation sites (tertiary alicyclic amines) is 1. The predicted octanol–water partition coefficient (Wildman–Crippen LogP) is 2.65. The van der Waals surface area contributed by atoms with Gasteiger partial charge in [0.2, 0.25) is 0 Å². The molecule has 30 heavy (non-hydrogen) atoms. The summed E-state index contributed by atoms with van der Waals surface area (Å²) in [5.74, 6) is -0.999. The number of nitrogens with zero attached hydrogens (tertiary/aromatic N) is 2. The average molecular weight is 410 g/mol. The number of carbonyl (C=O) groups is 2. The summed E-state index contributed by atoms with van der Waals surface area (Å²) in [6.07, 6.45) is 1.51. The van der Waals surface area contributed by atoms with Crippen LogP contribution >= 0.6 is 0 Å². The molecule has 0 unspecified atom stereocenters. The Morgan fingerprint density at radius 2 is 1.90 bits per heavy atom. The van der Waals surface area contributed by atoms with Gasteiger partial charge in [-0.1, -0.05) is 17.7 Å². The maximum absolute atomic E-state index is 13.0. The summed E-state index contributed by atoms with van der Waals surface area (Å²) in [5, 5.41) is 11.1. The number of hydrogen-bond donors (Lipinski definition) is 1. The standard InChI is InChI=1S/C23H26N2O5/c1-15-5-6-16(2)17(14-15)21(26)19-20(18-4-3-11-30-18)25(23(28)22(19)27)8-7-24-9-12-29-13-10-24/h3-6,11,14,20,26H,7-10,12-13H2,1-2H3/t20-/m1/s1. The number of hydrogen-bond acceptors (Lipinski definition) is 6. The van der Waals surface area contributed by atoms with E-state index < -0.39 is 17.7 Å². The molecule has 2 aliphatic rings. The Labute approximate surface area is 175 Å². The number of furan rings is 1. The molecule has 0 saturated carbocycles. The van der Waals surface area contributed by atoms with Crippen LogP contribution in [0, 0.1) is 13.8 Å². The van der Waals surface area contributed by atoms with E-state index in [1.54, 1.807) is 12.1 Å². The van der Waals surface area contributed by atoms with Crippen LogP contribution in [0.1, 0.15) is 28.5 Å². The summed E-state index contributed by atoms with van der Waals surface area (Å²) >= 11 is 0. The fourth-order valence-electron chi connectivity index (χ4n) is 4.06. The van der Waals surface area contributed by atoms with E-state index in [0.29, 0.717) is 37.6 Å². The lowest BCUT2D eigenvalue weighted by Crippen LogP contribution is -2.42. The zero-order chi connectivity index (χ0) is 21.3. The van der Waals surface area contributed by atoms with Crippen molar-refractivity contribution in [1.29, 1.82) is 0 Å². The lowest BCUT2D eigenvalue weighted by Gasteiger charge is -2.30. The third kappa shape index (κ3) is 3.78. The molecule has 158 valence electrons. The summed E-state index contributed by atoms with van der Waals surface area (Å²) < 4.78 is 11.0. The molecule has 0 bridgehead atoms. The van der Waals surface area contributed by atoms with Crippen LogP contribution in [0.15, 0.2) is 46.6 Å². The van der Waals surface area contributed by atoms with Crippen molar-refractivity contribution in [2.45, 2.75) is 19.9 Å². The van der Waals surface area contributed by atoms with Crippen LogP contribution in [0.3, 0.4) is 0 Å². The van der Waals surface area contributed by atoms with Crippen molar-refractivity contribution in [3.8, 4) is 0 Å². The highest BCUT2D eigenvalue weighted by Gasteiger charge is 2.47. The Balaban J connectivity index is 1.73. The van der Waals surface area contributed by atoms with E-state index in [4.69, 9.17) is 9.15 Å². The monoisotopic (exact) mass is 410 g/mol. The third-order valence-electron chi connectivity index (χ3n) is 5.76. The first kappa shape index (κ1) is 20.4. The second-order valence-corrected chi connectivity index (χ2v) is 7.78. The Kier molecular flexibility index (Phi) is 5.74. The van der Waals surface area contributed by atoms with Crippen LogP contribution in [0.5, 0.6) is 0 Å². The summed E-state index contributed by atoms with van der Waals surface area (Å²) in [7, 11) is 0. The first-order chi connectivity index (χ1) is 14.5. The smallest absolute Gasteiger partial charge is 0.295 e. The molecule has 1 amide bonds. The SMILES string of the molecule is Cc1ccc(C)c(C(O)=C2C(=O)C(=O)N(CCN3CCOCC3)[C@@H]2c2ccco2)c1. The number of morpholine rings is 1. The van der Waals surface area contributed by atoms with E-state index in [9.17, 15) is 14.7 Å². The Bertz CT molecular complexity index is 973. The number of aliphatic hydroxyl groups excluding tert-OH is 1. The van der Waals surface area contributed by atoms with Crippen LogP contribution in [0.4, 0.5) is 0 Å². The molecule has 2 saturated heterocycles. The van der Waals surface area contributed by atoms with Gasteiger partial charge in [0.1, 0.15) is 17.6 Å². The second kappa shape index (κ2) is 8.45. The first-order valence-corrected chi connectivity index (χ1v) is 10.2.